The summed E-state index contributed by atoms with van der Waals surface area (Å²) in [4.78, 5) is 11.1. The van der Waals surface area contributed by atoms with E-state index in [1.807, 2.05) is 42.5 Å². The van der Waals surface area contributed by atoms with E-state index in [0.717, 1.165) is 42.3 Å². The molecule has 0 amide bonds. The zero-order valence-electron chi connectivity index (χ0n) is 16.8. The maximum atomic E-state index is 6.24. The molecule has 4 rings (SSSR count). The largest absolute Gasteiger partial charge is 0.459 e. The van der Waals surface area contributed by atoms with Gasteiger partial charge in [0.05, 0.1) is 6.54 Å². The molecular weight excluding hydrogens is 418 g/mol. The maximum Gasteiger partial charge on any atom is 0.232 e. The smallest absolute Gasteiger partial charge is 0.232 e. The topological polar surface area (TPSA) is 66.2 Å². The molecule has 1 aliphatic rings. The Balaban J connectivity index is 1.37. The number of piperidine rings is 1. The second-order valence-corrected chi connectivity index (χ2v) is 8.15. The molecule has 156 valence electrons. The van der Waals surface area contributed by atoms with Gasteiger partial charge in [0.1, 0.15) is 22.5 Å². The van der Waals surface area contributed by atoms with Crippen LogP contribution in [0.5, 0.6) is 0 Å². The second kappa shape index (κ2) is 9.45. The molecule has 1 unspecified atom stereocenters. The molecule has 1 atom stereocenters. The summed E-state index contributed by atoms with van der Waals surface area (Å²) < 4.78 is 5.89. The first-order valence-electron chi connectivity index (χ1n) is 10.1. The third kappa shape index (κ3) is 5.09. The van der Waals surface area contributed by atoms with Gasteiger partial charge in [-0.15, -0.1) is 0 Å². The van der Waals surface area contributed by atoms with Gasteiger partial charge in [-0.05, 0) is 50.5 Å². The van der Waals surface area contributed by atoms with Gasteiger partial charge in [-0.1, -0.05) is 41.9 Å². The lowest BCUT2D eigenvalue weighted by Gasteiger charge is -2.34. The third-order valence-corrected chi connectivity index (χ3v) is 5.59. The Kier molecular flexibility index (Phi) is 6.50. The molecule has 1 aliphatic heterocycles. The second-order valence-electron chi connectivity index (χ2n) is 7.35. The highest BCUT2D eigenvalue weighted by molar-refractivity contribution is 7.80. The first kappa shape index (κ1) is 20.6. The highest BCUT2D eigenvalue weighted by atomic mass is 35.5. The maximum absolute atomic E-state index is 6.24. The molecule has 0 aliphatic carbocycles. The lowest BCUT2D eigenvalue weighted by atomic mass is 10.0. The highest BCUT2D eigenvalue weighted by Gasteiger charge is 2.21. The number of anilines is 2. The molecule has 0 radical (unpaired) electrons. The lowest BCUT2D eigenvalue weighted by Crippen LogP contribution is -2.38. The Labute approximate surface area is 186 Å². The number of halogens is 1. The van der Waals surface area contributed by atoms with Gasteiger partial charge in [0.2, 0.25) is 5.95 Å². The van der Waals surface area contributed by atoms with Crippen molar-refractivity contribution in [1.82, 2.24) is 15.3 Å². The number of aromatic nitrogens is 2. The molecule has 30 heavy (non-hydrogen) atoms. The Morgan fingerprint density at radius 3 is 2.83 bits per heavy atom. The van der Waals surface area contributed by atoms with Gasteiger partial charge in [-0.3, -0.25) is 0 Å². The quantitative estimate of drug-likeness (QED) is 0.413. The van der Waals surface area contributed by atoms with E-state index in [-0.39, 0.29) is 0 Å². The van der Waals surface area contributed by atoms with Crippen molar-refractivity contribution in [2.24, 2.45) is 0 Å². The number of nitrogens with one attached hydrogen (secondary N) is 2. The van der Waals surface area contributed by atoms with Gasteiger partial charge in [0.25, 0.3) is 0 Å². The first-order valence-corrected chi connectivity index (χ1v) is 10.9. The van der Waals surface area contributed by atoms with Crippen LogP contribution in [0.25, 0.3) is 11.3 Å². The number of nitrogens with zero attached hydrogens (tertiary/aromatic N) is 3. The third-order valence-electron chi connectivity index (χ3n) is 5.15. The summed E-state index contributed by atoms with van der Waals surface area (Å²) in [6, 6.07) is 16.1. The Morgan fingerprint density at radius 1 is 1.20 bits per heavy atom. The zero-order chi connectivity index (χ0) is 20.9. The highest BCUT2D eigenvalue weighted by Crippen LogP contribution is 2.26. The molecule has 8 heteroatoms. The van der Waals surface area contributed by atoms with Crippen molar-refractivity contribution >= 4 is 40.7 Å². The van der Waals surface area contributed by atoms with Crippen LogP contribution in [0.2, 0.25) is 5.15 Å². The molecule has 1 saturated heterocycles. The van der Waals surface area contributed by atoms with Gasteiger partial charge < -0.3 is 20.0 Å². The van der Waals surface area contributed by atoms with Crippen LogP contribution in [-0.2, 0) is 6.54 Å². The van der Waals surface area contributed by atoms with Crippen LogP contribution in [0.1, 0.15) is 31.9 Å². The van der Waals surface area contributed by atoms with Crippen LogP contribution in [-0.4, -0.2) is 27.7 Å². The number of thiocarbonyl (C=S) groups is 1. The molecule has 6 nitrogen and oxygen atoms in total. The summed E-state index contributed by atoms with van der Waals surface area (Å²) in [5.41, 5.74) is 1.04. The number of benzene rings is 1. The van der Waals surface area contributed by atoms with Crippen LogP contribution in [0.4, 0.5) is 11.8 Å². The molecule has 2 N–H and O–H groups in total. The first-order chi connectivity index (χ1) is 14.6. The standard InChI is InChI=1S/C22H24ClN5OS/c1-15-7-5-6-12-28(15)20-13-19(23)25-21(26-20)27-22(30)24-14-17-10-11-18(29-17)16-8-3-2-4-9-16/h2-4,8-11,13,15H,5-7,12,14H2,1H3,(H2,24,25,26,27,30). The fourth-order valence-electron chi connectivity index (χ4n) is 3.59. The van der Waals surface area contributed by atoms with Crippen LogP contribution < -0.4 is 15.5 Å². The Morgan fingerprint density at radius 2 is 2.03 bits per heavy atom. The summed E-state index contributed by atoms with van der Waals surface area (Å²) in [7, 11) is 0. The molecule has 1 fully saturated rings. The van der Waals surface area contributed by atoms with Crippen LogP contribution in [0.3, 0.4) is 0 Å². The van der Waals surface area contributed by atoms with E-state index >= 15 is 0 Å². The number of hydrogen-bond acceptors (Lipinski definition) is 5. The molecule has 0 saturated carbocycles. The number of hydrogen-bond donors (Lipinski definition) is 2. The molecule has 0 bridgehead atoms. The predicted molar refractivity (Wildman–Crippen MR) is 125 cm³/mol. The van der Waals surface area contributed by atoms with Crippen molar-refractivity contribution in [2.75, 3.05) is 16.8 Å². The summed E-state index contributed by atoms with van der Waals surface area (Å²) in [5, 5.41) is 6.96. The van der Waals surface area contributed by atoms with E-state index in [0.29, 0.717) is 28.8 Å². The zero-order valence-corrected chi connectivity index (χ0v) is 18.3. The lowest BCUT2D eigenvalue weighted by molar-refractivity contribution is 0.481. The average Bonchev–Trinajstić information content (AvgIpc) is 3.22. The van der Waals surface area contributed by atoms with Crippen molar-refractivity contribution in [3.63, 3.8) is 0 Å². The number of furan rings is 1. The average molecular weight is 442 g/mol. The normalized spacial score (nSPS) is 16.3. The van der Waals surface area contributed by atoms with E-state index in [9.17, 15) is 0 Å². The summed E-state index contributed by atoms with van der Waals surface area (Å²) in [5.74, 6) is 2.82. The summed E-state index contributed by atoms with van der Waals surface area (Å²) >= 11 is 11.6. The van der Waals surface area contributed by atoms with E-state index < -0.39 is 0 Å². The van der Waals surface area contributed by atoms with Gasteiger partial charge in [-0.2, -0.15) is 4.98 Å². The minimum Gasteiger partial charge on any atom is -0.459 e. The molecular formula is C22H24ClN5OS. The minimum atomic E-state index is 0.386. The van der Waals surface area contributed by atoms with Crippen molar-refractivity contribution < 1.29 is 4.42 Å². The van der Waals surface area contributed by atoms with E-state index in [1.54, 1.807) is 6.07 Å². The predicted octanol–water partition coefficient (Wildman–Crippen LogP) is 5.26. The van der Waals surface area contributed by atoms with Gasteiger partial charge >= 0.3 is 0 Å². The van der Waals surface area contributed by atoms with Gasteiger partial charge in [-0.25, -0.2) is 4.98 Å². The van der Waals surface area contributed by atoms with E-state index in [1.165, 1.54) is 6.42 Å². The van der Waals surface area contributed by atoms with Crippen molar-refractivity contribution in [3.05, 3.63) is 59.4 Å². The van der Waals surface area contributed by atoms with Gasteiger partial charge in [0, 0.05) is 24.2 Å². The fraction of sp³-hybridized carbons (Fsp3) is 0.318. The van der Waals surface area contributed by atoms with Crippen molar-refractivity contribution in [3.8, 4) is 11.3 Å². The fourth-order valence-corrected chi connectivity index (χ4v) is 3.93. The molecule has 2 aromatic heterocycles. The summed E-state index contributed by atoms with van der Waals surface area (Å²) in [6.45, 7) is 3.63. The SMILES string of the molecule is CC1CCCCN1c1cc(Cl)nc(NC(=S)NCc2ccc(-c3ccccc3)o2)n1. The Bertz CT molecular complexity index is 1010. The van der Waals surface area contributed by atoms with Crippen molar-refractivity contribution in [2.45, 2.75) is 38.8 Å². The molecule has 3 heterocycles. The van der Waals surface area contributed by atoms with E-state index in [2.05, 4.69) is 32.4 Å². The Hall–Kier alpha value is -2.64. The van der Waals surface area contributed by atoms with Crippen molar-refractivity contribution in [1.29, 1.82) is 0 Å². The molecule has 3 aromatic rings. The van der Waals surface area contributed by atoms with Gasteiger partial charge in [0.15, 0.2) is 5.11 Å². The number of rotatable bonds is 5. The summed E-state index contributed by atoms with van der Waals surface area (Å²) in [6.07, 6.45) is 3.55. The van der Waals surface area contributed by atoms with Crippen LogP contribution >= 0.6 is 23.8 Å². The molecule has 0 spiro atoms. The van der Waals surface area contributed by atoms with Crippen LogP contribution in [0.15, 0.2) is 52.9 Å². The monoisotopic (exact) mass is 441 g/mol. The molecule has 1 aromatic carbocycles. The minimum absolute atomic E-state index is 0.386. The van der Waals surface area contributed by atoms with Crippen LogP contribution in [0, 0.1) is 0 Å². The van der Waals surface area contributed by atoms with E-state index in [4.69, 9.17) is 28.2 Å².